The van der Waals surface area contributed by atoms with Crippen molar-refractivity contribution in [2.45, 2.75) is 24.7 Å². The molecule has 1 saturated carbocycles. The molecule has 0 heterocycles. The maximum Gasteiger partial charge on any atom is 0.261 e. The van der Waals surface area contributed by atoms with Gasteiger partial charge in [-0.1, -0.05) is 15.9 Å². The summed E-state index contributed by atoms with van der Waals surface area (Å²) in [4.78, 5) is 12.0. The summed E-state index contributed by atoms with van der Waals surface area (Å²) in [6.45, 7) is 2.21. The number of amides is 1. The lowest BCUT2D eigenvalue weighted by molar-refractivity contribution is 0.0951. The van der Waals surface area contributed by atoms with Crippen LogP contribution in [0.3, 0.4) is 0 Å². The first-order valence-corrected chi connectivity index (χ1v) is 8.92. The predicted molar refractivity (Wildman–Crippen MR) is 77.0 cm³/mol. The van der Waals surface area contributed by atoms with Crippen molar-refractivity contribution in [1.29, 1.82) is 0 Å². The van der Waals surface area contributed by atoms with Crippen LogP contribution in [0.1, 0.15) is 28.8 Å². The number of rotatable bonds is 4. The van der Waals surface area contributed by atoms with Gasteiger partial charge >= 0.3 is 0 Å². The van der Waals surface area contributed by atoms with E-state index in [-0.39, 0.29) is 10.8 Å². The molecule has 1 N–H and O–H groups in total. The van der Waals surface area contributed by atoms with Gasteiger partial charge in [-0.05, 0) is 43.4 Å². The van der Waals surface area contributed by atoms with Gasteiger partial charge in [0.1, 0.15) is 0 Å². The van der Waals surface area contributed by atoms with Crippen molar-refractivity contribution in [1.82, 2.24) is 5.32 Å². The summed E-state index contributed by atoms with van der Waals surface area (Å²) in [5.41, 5.74) is 0.695. The molecule has 19 heavy (non-hydrogen) atoms. The number of halogens is 2. The van der Waals surface area contributed by atoms with Crippen molar-refractivity contribution >= 4 is 41.6 Å². The van der Waals surface area contributed by atoms with Gasteiger partial charge in [-0.3, -0.25) is 4.79 Å². The molecule has 0 aromatic heterocycles. The largest absolute Gasteiger partial charge is 0.352 e. The highest BCUT2D eigenvalue weighted by atomic mass is 79.9. The molecule has 1 aliphatic rings. The minimum Gasteiger partial charge on any atom is -0.352 e. The van der Waals surface area contributed by atoms with E-state index in [9.17, 15) is 13.2 Å². The first kappa shape index (κ1) is 14.8. The molecule has 1 amide bonds. The topological polar surface area (TPSA) is 63.2 Å². The van der Waals surface area contributed by atoms with E-state index in [2.05, 4.69) is 21.2 Å². The second-order valence-electron chi connectivity index (χ2n) is 4.67. The van der Waals surface area contributed by atoms with Crippen LogP contribution in [0.2, 0.25) is 0 Å². The van der Waals surface area contributed by atoms with E-state index < -0.39 is 9.05 Å². The number of hydrogen-bond donors (Lipinski definition) is 1. The fourth-order valence-electron chi connectivity index (χ4n) is 1.80. The molecule has 0 bridgehead atoms. The number of carbonyl (C=O) groups excluding carboxylic acids is 1. The highest BCUT2D eigenvalue weighted by Gasteiger charge is 2.24. The standard InChI is InChI=1S/C12H13BrClNO3S/c1-7-10(12(16)15-6-8-2-3-8)4-9(13)5-11(7)19(14,17)18/h4-5,8H,2-3,6H2,1H3,(H,15,16). The molecule has 2 rings (SSSR count). The van der Waals surface area contributed by atoms with Gasteiger partial charge in [-0.2, -0.15) is 0 Å². The van der Waals surface area contributed by atoms with Crippen molar-refractivity contribution in [2.75, 3.05) is 6.54 Å². The zero-order valence-corrected chi connectivity index (χ0v) is 13.4. The van der Waals surface area contributed by atoms with Gasteiger partial charge in [0, 0.05) is 27.3 Å². The van der Waals surface area contributed by atoms with Gasteiger partial charge < -0.3 is 5.32 Å². The van der Waals surface area contributed by atoms with Crippen LogP contribution < -0.4 is 5.32 Å². The molecule has 104 valence electrons. The smallest absolute Gasteiger partial charge is 0.261 e. The first-order chi connectivity index (χ1) is 8.79. The average molecular weight is 367 g/mol. The van der Waals surface area contributed by atoms with Gasteiger partial charge in [0.2, 0.25) is 0 Å². The summed E-state index contributed by atoms with van der Waals surface area (Å²) in [7, 11) is 1.50. The Hall–Kier alpha value is -0.590. The summed E-state index contributed by atoms with van der Waals surface area (Å²) < 4.78 is 23.4. The summed E-state index contributed by atoms with van der Waals surface area (Å²) in [6, 6.07) is 3.00. The molecule has 0 aliphatic heterocycles. The first-order valence-electron chi connectivity index (χ1n) is 5.82. The lowest BCUT2D eigenvalue weighted by Gasteiger charge is -2.11. The summed E-state index contributed by atoms with van der Waals surface area (Å²) >= 11 is 3.20. The van der Waals surface area contributed by atoms with E-state index in [1.54, 1.807) is 13.0 Å². The van der Waals surface area contributed by atoms with Gasteiger partial charge in [0.05, 0.1) is 4.90 Å². The van der Waals surface area contributed by atoms with Crippen LogP contribution in [-0.4, -0.2) is 20.9 Å². The van der Waals surface area contributed by atoms with Gasteiger partial charge in [-0.25, -0.2) is 8.42 Å². The predicted octanol–water partition coefficient (Wildman–Crippen LogP) is 2.82. The minimum atomic E-state index is -3.87. The quantitative estimate of drug-likeness (QED) is 0.833. The number of hydrogen-bond acceptors (Lipinski definition) is 3. The van der Waals surface area contributed by atoms with E-state index in [0.717, 1.165) is 12.8 Å². The zero-order valence-electron chi connectivity index (χ0n) is 10.2. The van der Waals surface area contributed by atoms with Crippen LogP contribution in [0, 0.1) is 12.8 Å². The molecule has 0 atom stereocenters. The van der Waals surface area contributed by atoms with Crippen molar-refractivity contribution in [3.8, 4) is 0 Å². The fourth-order valence-corrected chi connectivity index (χ4v) is 3.63. The Morgan fingerprint density at radius 1 is 1.47 bits per heavy atom. The average Bonchev–Trinajstić information content (AvgIpc) is 3.11. The Balaban J connectivity index is 2.33. The fraction of sp³-hybridized carbons (Fsp3) is 0.417. The van der Waals surface area contributed by atoms with E-state index in [0.29, 0.717) is 28.1 Å². The minimum absolute atomic E-state index is 0.0416. The SMILES string of the molecule is Cc1c(C(=O)NCC2CC2)cc(Br)cc1S(=O)(=O)Cl. The maximum atomic E-state index is 12.1. The Labute approximate surface area is 125 Å². The van der Waals surface area contributed by atoms with Gasteiger partial charge in [0.25, 0.3) is 15.0 Å². The molecule has 1 aliphatic carbocycles. The Morgan fingerprint density at radius 2 is 2.11 bits per heavy atom. The Bertz CT molecular complexity index is 626. The van der Waals surface area contributed by atoms with Gasteiger partial charge in [0.15, 0.2) is 0 Å². The lowest BCUT2D eigenvalue weighted by Crippen LogP contribution is -2.26. The second kappa shape index (κ2) is 5.42. The van der Waals surface area contributed by atoms with E-state index in [4.69, 9.17) is 10.7 Å². The molecule has 7 heteroatoms. The molecule has 0 saturated heterocycles. The third-order valence-electron chi connectivity index (χ3n) is 3.08. The summed E-state index contributed by atoms with van der Waals surface area (Å²) in [6.07, 6.45) is 2.28. The van der Waals surface area contributed by atoms with Crippen LogP contribution >= 0.6 is 26.6 Å². The van der Waals surface area contributed by atoms with Crippen LogP contribution in [0.4, 0.5) is 0 Å². The molecule has 1 aromatic carbocycles. The maximum absolute atomic E-state index is 12.1. The third-order valence-corrected chi connectivity index (χ3v) is 4.99. The van der Waals surface area contributed by atoms with Crippen LogP contribution in [0.25, 0.3) is 0 Å². The number of benzene rings is 1. The van der Waals surface area contributed by atoms with Crippen molar-refractivity contribution < 1.29 is 13.2 Å². The van der Waals surface area contributed by atoms with Crippen LogP contribution in [0.5, 0.6) is 0 Å². The van der Waals surface area contributed by atoms with E-state index >= 15 is 0 Å². The van der Waals surface area contributed by atoms with E-state index in [1.165, 1.54) is 6.07 Å². The highest BCUT2D eigenvalue weighted by molar-refractivity contribution is 9.10. The molecule has 0 radical (unpaired) electrons. The van der Waals surface area contributed by atoms with Crippen molar-refractivity contribution in [2.24, 2.45) is 5.92 Å². The highest BCUT2D eigenvalue weighted by Crippen LogP contribution is 2.29. The molecule has 1 fully saturated rings. The normalized spacial score (nSPS) is 15.3. The lowest BCUT2D eigenvalue weighted by atomic mass is 10.1. The summed E-state index contributed by atoms with van der Waals surface area (Å²) in [5, 5.41) is 2.81. The Kier molecular flexibility index (Phi) is 4.23. The third kappa shape index (κ3) is 3.70. The zero-order chi connectivity index (χ0) is 14.2. The molecule has 4 nitrogen and oxygen atoms in total. The molecular formula is C12H13BrClNO3S. The Morgan fingerprint density at radius 3 is 2.63 bits per heavy atom. The number of nitrogens with one attached hydrogen (secondary N) is 1. The van der Waals surface area contributed by atoms with Crippen LogP contribution in [0.15, 0.2) is 21.5 Å². The van der Waals surface area contributed by atoms with Crippen molar-refractivity contribution in [3.05, 3.63) is 27.7 Å². The molecular weight excluding hydrogens is 354 g/mol. The van der Waals surface area contributed by atoms with E-state index in [1.807, 2.05) is 0 Å². The van der Waals surface area contributed by atoms with Crippen LogP contribution in [-0.2, 0) is 9.05 Å². The monoisotopic (exact) mass is 365 g/mol. The van der Waals surface area contributed by atoms with Gasteiger partial charge in [-0.15, -0.1) is 0 Å². The second-order valence-corrected chi connectivity index (χ2v) is 8.12. The molecule has 0 unspecified atom stereocenters. The molecule has 0 spiro atoms. The summed E-state index contributed by atoms with van der Waals surface area (Å²) in [5.74, 6) is 0.292. The number of carbonyl (C=O) groups is 1. The van der Waals surface area contributed by atoms with Crippen molar-refractivity contribution in [3.63, 3.8) is 0 Å². The molecule has 1 aromatic rings.